The zero-order chi connectivity index (χ0) is 10.2. The predicted octanol–water partition coefficient (Wildman–Crippen LogP) is 1.91. The number of rotatable bonds is 2. The van der Waals surface area contributed by atoms with Crippen LogP contribution < -0.4 is 5.73 Å². The van der Waals surface area contributed by atoms with Crippen molar-refractivity contribution in [3.05, 3.63) is 29.6 Å². The molecule has 1 aliphatic carbocycles. The van der Waals surface area contributed by atoms with E-state index in [9.17, 15) is 9.50 Å². The first kappa shape index (κ1) is 9.46. The standard InChI is InChI=1S/C11H14FNO/c12-8-2-3-10(14)9(6-8)11(7-13)4-1-5-11/h2-3,6,14H,1,4-5,7,13H2. The summed E-state index contributed by atoms with van der Waals surface area (Å²) in [5.74, 6) is -0.144. The molecule has 1 saturated carbocycles. The third-order valence-electron chi connectivity index (χ3n) is 3.23. The molecule has 3 N–H and O–H groups in total. The molecule has 0 aromatic heterocycles. The van der Waals surface area contributed by atoms with Gasteiger partial charge >= 0.3 is 0 Å². The van der Waals surface area contributed by atoms with Gasteiger partial charge in [0.1, 0.15) is 11.6 Å². The molecule has 0 aliphatic heterocycles. The van der Waals surface area contributed by atoms with Crippen molar-refractivity contribution in [2.75, 3.05) is 6.54 Å². The van der Waals surface area contributed by atoms with Crippen molar-refractivity contribution in [2.45, 2.75) is 24.7 Å². The molecule has 0 atom stereocenters. The number of halogens is 1. The quantitative estimate of drug-likeness (QED) is 0.757. The molecule has 0 spiro atoms. The van der Waals surface area contributed by atoms with E-state index in [1.807, 2.05) is 0 Å². The van der Waals surface area contributed by atoms with E-state index in [4.69, 9.17) is 5.73 Å². The van der Waals surface area contributed by atoms with Crippen molar-refractivity contribution in [1.82, 2.24) is 0 Å². The fourth-order valence-electron chi connectivity index (χ4n) is 2.12. The SMILES string of the molecule is NCC1(c2cc(F)ccc2O)CCC1. The van der Waals surface area contributed by atoms with Crippen LogP contribution in [0.15, 0.2) is 18.2 Å². The summed E-state index contributed by atoms with van der Waals surface area (Å²) in [4.78, 5) is 0. The van der Waals surface area contributed by atoms with Crippen molar-refractivity contribution in [3.63, 3.8) is 0 Å². The predicted molar refractivity (Wildman–Crippen MR) is 52.6 cm³/mol. The molecule has 1 aliphatic rings. The van der Waals surface area contributed by atoms with E-state index >= 15 is 0 Å². The van der Waals surface area contributed by atoms with E-state index in [2.05, 4.69) is 0 Å². The summed E-state index contributed by atoms with van der Waals surface area (Å²) in [5.41, 5.74) is 6.18. The Hall–Kier alpha value is -1.09. The molecule has 0 amide bonds. The van der Waals surface area contributed by atoms with E-state index in [1.54, 1.807) is 0 Å². The third-order valence-corrected chi connectivity index (χ3v) is 3.23. The van der Waals surface area contributed by atoms with Gasteiger partial charge in [-0.2, -0.15) is 0 Å². The summed E-state index contributed by atoms with van der Waals surface area (Å²) in [6.07, 6.45) is 2.99. The molecule has 0 radical (unpaired) electrons. The van der Waals surface area contributed by atoms with Gasteiger partial charge in [0.2, 0.25) is 0 Å². The number of hydrogen-bond donors (Lipinski definition) is 2. The van der Waals surface area contributed by atoms with Crippen molar-refractivity contribution in [3.8, 4) is 5.75 Å². The van der Waals surface area contributed by atoms with Gasteiger partial charge in [-0.15, -0.1) is 0 Å². The van der Waals surface area contributed by atoms with Crippen LogP contribution in [0.2, 0.25) is 0 Å². The topological polar surface area (TPSA) is 46.2 Å². The monoisotopic (exact) mass is 195 g/mol. The smallest absolute Gasteiger partial charge is 0.123 e. The fraction of sp³-hybridized carbons (Fsp3) is 0.455. The summed E-state index contributed by atoms with van der Waals surface area (Å²) >= 11 is 0. The van der Waals surface area contributed by atoms with Gasteiger partial charge in [0, 0.05) is 17.5 Å². The second-order valence-electron chi connectivity index (χ2n) is 4.00. The maximum Gasteiger partial charge on any atom is 0.123 e. The van der Waals surface area contributed by atoms with Crippen LogP contribution in [0.5, 0.6) is 5.75 Å². The van der Waals surface area contributed by atoms with Crippen LogP contribution >= 0.6 is 0 Å². The van der Waals surface area contributed by atoms with Crippen LogP contribution in [-0.4, -0.2) is 11.7 Å². The summed E-state index contributed by atoms with van der Waals surface area (Å²) in [6, 6.07) is 4.07. The van der Waals surface area contributed by atoms with Crippen LogP contribution in [0.1, 0.15) is 24.8 Å². The van der Waals surface area contributed by atoms with Crippen molar-refractivity contribution in [1.29, 1.82) is 0 Å². The van der Waals surface area contributed by atoms with E-state index < -0.39 is 0 Å². The molecule has 3 heteroatoms. The molecule has 1 fully saturated rings. The van der Waals surface area contributed by atoms with Crippen molar-refractivity contribution >= 4 is 0 Å². The summed E-state index contributed by atoms with van der Waals surface area (Å²) in [7, 11) is 0. The van der Waals surface area contributed by atoms with Gasteiger partial charge in [-0.1, -0.05) is 6.42 Å². The first-order chi connectivity index (χ1) is 6.68. The highest BCUT2D eigenvalue weighted by molar-refractivity contribution is 5.40. The fourth-order valence-corrected chi connectivity index (χ4v) is 2.12. The van der Waals surface area contributed by atoms with Crippen LogP contribution in [0.4, 0.5) is 4.39 Å². The summed E-state index contributed by atoms with van der Waals surface area (Å²) in [6.45, 7) is 0.476. The van der Waals surface area contributed by atoms with E-state index in [0.717, 1.165) is 19.3 Å². The first-order valence-corrected chi connectivity index (χ1v) is 4.87. The average Bonchev–Trinajstić information content (AvgIpc) is 2.10. The molecule has 1 aromatic rings. The highest BCUT2D eigenvalue weighted by Gasteiger charge is 2.39. The van der Waals surface area contributed by atoms with Gasteiger partial charge in [-0.25, -0.2) is 4.39 Å². The lowest BCUT2D eigenvalue weighted by Crippen LogP contribution is -2.41. The van der Waals surface area contributed by atoms with Gasteiger partial charge in [0.15, 0.2) is 0 Å². The Morgan fingerprint density at radius 2 is 2.14 bits per heavy atom. The minimum absolute atomic E-state index is 0.163. The zero-order valence-corrected chi connectivity index (χ0v) is 7.96. The summed E-state index contributed by atoms with van der Waals surface area (Å²) < 4.78 is 13.0. The van der Waals surface area contributed by atoms with E-state index in [-0.39, 0.29) is 17.0 Å². The Morgan fingerprint density at radius 1 is 1.43 bits per heavy atom. The maximum absolute atomic E-state index is 13.0. The van der Waals surface area contributed by atoms with Gasteiger partial charge in [-0.05, 0) is 31.0 Å². The minimum Gasteiger partial charge on any atom is -0.508 e. The van der Waals surface area contributed by atoms with Crippen LogP contribution in [-0.2, 0) is 5.41 Å². The largest absolute Gasteiger partial charge is 0.508 e. The van der Waals surface area contributed by atoms with Crippen LogP contribution in [0.3, 0.4) is 0 Å². The van der Waals surface area contributed by atoms with Crippen LogP contribution in [0, 0.1) is 5.82 Å². The molecule has 2 rings (SSSR count). The number of benzene rings is 1. The third kappa shape index (κ3) is 1.28. The Labute approximate surface area is 82.5 Å². The lowest BCUT2D eigenvalue weighted by molar-refractivity contribution is 0.244. The molecule has 0 bridgehead atoms. The molecular weight excluding hydrogens is 181 g/mol. The van der Waals surface area contributed by atoms with E-state index in [0.29, 0.717) is 12.1 Å². The Morgan fingerprint density at radius 3 is 2.64 bits per heavy atom. The molecule has 0 unspecified atom stereocenters. The van der Waals surface area contributed by atoms with Crippen molar-refractivity contribution in [2.24, 2.45) is 5.73 Å². The molecule has 1 aromatic carbocycles. The highest BCUT2D eigenvalue weighted by atomic mass is 19.1. The second-order valence-corrected chi connectivity index (χ2v) is 4.00. The molecule has 2 nitrogen and oxygen atoms in total. The lowest BCUT2D eigenvalue weighted by Gasteiger charge is -2.41. The van der Waals surface area contributed by atoms with Gasteiger partial charge in [0.25, 0.3) is 0 Å². The van der Waals surface area contributed by atoms with E-state index in [1.165, 1.54) is 18.2 Å². The molecule has 14 heavy (non-hydrogen) atoms. The number of nitrogens with two attached hydrogens (primary N) is 1. The van der Waals surface area contributed by atoms with Gasteiger partial charge < -0.3 is 10.8 Å². The molecule has 0 saturated heterocycles. The highest BCUT2D eigenvalue weighted by Crippen LogP contribution is 2.46. The number of phenolic OH excluding ortho intramolecular Hbond substituents is 1. The number of hydrogen-bond acceptors (Lipinski definition) is 2. The average molecular weight is 195 g/mol. The molecular formula is C11H14FNO. The van der Waals surface area contributed by atoms with Crippen LogP contribution in [0.25, 0.3) is 0 Å². The molecule has 0 heterocycles. The number of aromatic hydroxyl groups is 1. The van der Waals surface area contributed by atoms with Gasteiger partial charge in [0.05, 0.1) is 0 Å². The Bertz CT molecular complexity index is 342. The minimum atomic E-state index is -0.308. The number of phenols is 1. The maximum atomic E-state index is 13.0. The molecule has 76 valence electrons. The zero-order valence-electron chi connectivity index (χ0n) is 7.96. The Balaban J connectivity index is 2.43. The first-order valence-electron chi connectivity index (χ1n) is 4.87. The van der Waals surface area contributed by atoms with Gasteiger partial charge in [-0.3, -0.25) is 0 Å². The second kappa shape index (κ2) is 3.24. The lowest BCUT2D eigenvalue weighted by atomic mass is 9.64. The summed E-state index contributed by atoms with van der Waals surface area (Å²) in [5, 5.41) is 9.64. The van der Waals surface area contributed by atoms with Crippen molar-refractivity contribution < 1.29 is 9.50 Å². The normalized spacial score (nSPS) is 19.0. The Kier molecular flexibility index (Phi) is 2.19.